The van der Waals surface area contributed by atoms with E-state index in [2.05, 4.69) is 13.0 Å². The third-order valence-electron chi connectivity index (χ3n) is 13.5. The Hall–Kier alpha value is -1.79. The molecule has 4 heterocycles. The molecule has 3 aliphatic carbocycles. The number of hydrogen-bond acceptors (Lipinski definition) is 14. The van der Waals surface area contributed by atoms with E-state index in [-0.39, 0.29) is 24.0 Å². The van der Waals surface area contributed by atoms with Crippen LogP contribution in [0.15, 0.2) is 28.4 Å². The van der Waals surface area contributed by atoms with Crippen LogP contribution in [0, 0.1) is 24.2 Å². The smallest absolute Gasteiger partial charge is 0.172 e. The van der Waals surface area contributed by atoms with Crippen LogP contribution in [0.3, 0.4) is 0 Å². The van der Waals surface area contributed by atoms with Gasteiger partial charge in [-0.2, -0.15) is 0 Å². The summed E-state index contributed by atoms with van der Waals surface area (Å²) in [6.07, 6.45) is -1.61. The minimum absolute atomic E-state index is 0.00114. The summed E-state index contributed by atoms with van der Waals surface area (Å²) in [4.78, 5) is 13.9. The van der Waals surface area contributed by atoms with Crippen molar-refractivity contribution in [2.75, 3.05) is 14.2 Å². The van der Waals surface area contributed by atoms with Crippen LogP contribution in [0.2, 0.25) is 0 Å². The lowest BCUT2D eigenvalue weighted by Crippen LogP contribution is -2.57. The van der Waals surface area contributed by atoms with Gasteiger partial charge in [-0.05, 0) is 77.2 Å². The van der Waals surface area contributed by atoms with Gasteiger partial charge in [-0.15, -0.1) is 0 Å². The van der Waals surface area contributed by atoms with Crippen LogP contribution in [0.25, 0.3) is 0 Å². The van der Waals surface area contributed by atoms with Crippen LogP contribution >= 0.6 is 0 Å². The normalized spacial score (nSPS) is 48.5. The molecule has 6 aliphatic rings. The van der Waals surface area contributed by atoms with E-state index in [0.717, 1.165) is 0 Å². The number of methoxy groups -OCH3 is 2. The number of ether oxygens (including phenoxy) is 8. The van der Waals surface area contributed by atoms with Gasteiger partial charge in [0.1, 0.15) is 24.1 Å². The average Bonchev–Trinajstić information content (AvgIpc) is 3.57. The molecular weight excluding hydrogens is 704 g/mol. The standard InChI is InChI=1S/C40H60O14/c1-19-25(11-13-48-19)40(45)12-10-26-24(38(40)44)9-8-23-14-29(28(42)18-39(23,26)5)52-33-17-31(47-7)37(22(4)51-33)54-32-15-27(41)36(21(3)50-32)53-34-16-30(46-6)35(43)20(2)49-34/h8,11,13,20-22,24,26-37,41-43,45H,9-10,12,14-18H2,1-7H3/t20-,21+,22+,24+,26-,27-,28+,29+,30+,31-,32-,33-,34-,35-,36+,37+,39-,40-/m0/s1. The van der Waals surface area contributed by atoms with Crippen molar-refractivity contribution in [1.29, 1.82) is 0 Å². The number of Topliss-reactive ketones (excluding diaryl/α,β-unsaturated/α-hetero) is 1. The number of aliphatic hydroxyl groups excluding tert-OH is 3. The molecule has 0 bridgehead atoms. The van der Waals surface area contributed by atoms with Gasteiger partial charge < -0.3 is 62.7 Å². The SMILES string of the molecule is CO[C@H]1C[C@H](O[C@@H]2CC3=CC[C@H]4C(=O)[C@@](O)(c5ccoc5C)CC[C@@H]4[C@@]3(C)C[C@H]2O)O[C@H](C)[C@H]1O[C@H]1C[C@H](O)[C@H](O[C@H]2C[C@@H](OC)[C@@H](O)[C@H](C)O2)[C@@H](C)O1. The molecule has 0 aromatic carbocycles. The third-order valence-corrected chi connectivity index (χ3v) is 13.5. The fraction of sp³-hybridized carbons (Fsp3) is 0.825. The molecule has 1 aromatic heterocycles. The molecule has 18 atom stereocenters. The molecule has 3 aliphatic heterocycles. The van der Waals surface area contributed by atoms with Crippen LogP contribution in [0.5, 0.6) is 0 Å². The summed E-state index contributed by atoms with van der Waals surface area (Å²) in [6.45, 7) is 9.36. The second kappa shape index (κ2) is 15.9. The predicted molar refractivity (Wildman–Crippen MR) is 190 cm³/mol. The molecule has 5 fully saturated rings. The van der Waals surface area contributed by atoms with E-state index in [1.807, 2.05) is 13.8 Å². The van der Waals surface area contributed by atoms with Crippen LogP contribution in [-0.4, -0.2) is 126 Å². The van der Waals surface area contributed by atoms with Gasteiger partial charge in [0, 0.05) is 45.0 Å². The summed E-state index contributed by atoms with van der Waals surface area (Å²) in [7, 11) is 3.15. The maximum Gasteiger partial charge on any atom is 0.172 e. The van der Waals surface area contributed by atoms with Gasteiger partial charge in [-0.1, -0.05) is 18.6 Å². The highest BCUT2D eigenvalue weighted by atomic mass is 16.7. The highest BCUT2D eigenvalue weighted by molar-refractivity contribution is 5.92. The number of furan rings is 1. The van der Waals surface area contributed by atoms with E-state index in [0.29, 0.717) is 56.3 Å². The number of allylic oxidation sites excluding steroid dienone is 1. The molecule has 54 heavy (non-hydrogen) atoms. The van der Waals surface area contributed by atoms with Crippen LogP contribution in [0.4, 0.5) is 0 Å². The molecule has 0 spiro atoms. The van der Waals surface area contributed by atoms with Crippen LogP contribution < -0.4 is 0 Å². The van der Waals surface area contributed by atoms with Crippen molar-refractivity contribution in [2.24, 2.45) is 17.3 Å². The number of carbonyl (C=O) groups is 1. The lowest BCUT2D eigenvalue weighted by atomic mass is 9.51. The fourth-order valence-electron chi connectivity index (χ4n) is 10.4. The zero-order valence-corrected chi connectivity index (χ0v) is 32.5. The average molecular weight is 765 g/mol. The maximum atomic E-state index is 13.9. The zero-order chi connectivity index (χ0) is 38.7. The summed E-state index contributed by atoms with van der Waals surface area (Å²) in [5.74, 6) is 0.0491. The van der Waals surface area contributed by atoms with Crippen molar-refractivity contribution in [3.05, 3.63) is 35.3 Å². The van der Waals surface area contributed by atoms with Crippen LogP contribution in [0.1, 0.15) is 90.4 Å². The summed E-state index contributed by atoms with van der Waals surface area (Å²) >= 11 is 0. The molecule has 0 radical (unpaired) electrons. The quantitative estimate of drug-likeness (QED) is 0.269. The lowest BCUT2D eigenvalue weighted by Gasteiger charge is -2.55. The predicted octanol–water partition coefficient (Wildman–Crippen LogP) is 3.17. The molecule has 7 rings (SSSR count). The number of rotatable bonds is 9. The van der Waals surface area contributed by atoms with Gasteiger partial charge in [0.25, 0.3) is 0 Å². The number of hydrogen-bond donors (Lipinski definition) is 4. The highest BCUT2D eigenvalue weighted by Gasteiger charge is 2.58. The summed E-state index contributed by atoms with van der Waals surface area (Å²) in [5, 5.41) is 44.6. The van der Waals surface area contributed by atoms with E-state index < -0.39 is 97.0 Å². The summed E-state index contributed by atoms with van der Waals surface area (Å²) in [5.41, 5.74) is -0.237. The van der Waals surface area contributed by atoms with Gasteiger partial charge in [-0.3, -0.25) is 4.79 Å². The Bertz CT molecular complexity index is 1490. The largest absolute Gasteiger partial charge is 0.469 e. The third kappa shape index (κ3) is 7.40. The number of fused-ring (bicyclic) bond motifs is 3. The van der Waals surface area contributed by atoms with Crippen molar-refractivity contribution in [1.82, 2.24) is 0 Å². The lowest BCUT2D eigenvalue weighted by molar-refractivity contribution is -0.338. The molecule has 14 heteroatoms. The second-order valence-electron chi connectivity index (χ2n) is 16.7. The Balaban J connectivity index is 0.940. The van der Waals surface area contributed by atoms with Gasteiger partial charge in [-0.25, -0.2) is 0 Å². The number of aryl methyl sites for hydroxylation is 1. The molecular formula is C40H60O14. The number of aliphatic hydroxyl groups is 4. The second-order valence-corrected chi connectivity index (χ2v) is 16.7. The molecule has 0 unspecified atom stereocenters. The van der Waals surface area contributed by atoms with E-state index >= 15 is 0 Å². The fourth-order valence-corrected chi connectivity index (χ4v) is 10.4. The monoisotopic (exact) mass is 764 g/mol. The Morgan fingerprint density at radius 1 is 0.815 bits per heavy atom. The summed E-state index contributed by atoms with van der Waals surface area (Å²) in [6, 6.07) is 1.70. The maximum absolute atomic E-state index is 13.9. The highest BCUT2D eigenvalue weighted by Crippen LogP contribution is 2.58. The van der Waals surface area contributed by atoms with E-state index in [9.17, 15) is 25.2 Å². The first-order valence-corrected chi connectivity index (χ1v) is 19.7. The van der Waals surface area contributed by atoms with Crippen molar-refractivity contribution < 1.29 is 67.5 Å². The molecule has 0 amide bonds. The van der Waals surface area contributed by atoms with Gasteiger partial charge >= 0.3 is 0 Å². The van der Waals surface area contributed by atoms with Crippen molar-refractivity contribution in [3.8, 4) is 0 Å². The molecule has 14 nitrogen and oxygen atoms in total. The van der Waals surface area contributed by atoms with E-state index in [1.165, 1.54) is 18.9 Å². The molecule has 3 saturated heterocycles. The van der Waals surface area contributed by atoms with Gasteiger partial charge in [0.2, 0.25) is 0 Å². The Labute approximate surface area is 317 Å². The molecule has 4 N–H and O–H groups in total. The van der Waals surface area contributed by atoms with E-state index in [1.54, 1.807) is 27.0 Å². The van der Waals surface area contributed by atoms with Crippen molar-refractivity contribution >= 4 is 5.78 Å². The molecule has 304 valence electrons. The number of carbonyl (C=O) groups excluding carboxylic acids is 1. The first kappa shape index (κ1) is 40.4. The van der Waals surface area contributed by atoms with E-state index in [4.69, 9.17) is 42.3 Å². The van der Waals surface area contributed by atoms with Crippen molar-refractivity contribution in [3.63, 3.8) is 0 Å². The van der Waals surface area contributed by atoms with Gasteiger partial charge in [0.15, 0.2) is 30.3 Å². The Kier molecular flexibility index (Phi) is 11.9. The molecule has 2 saturated carbocycles. The minimum atomic E-state index is -1.56. The zero-order valence-electron chi connectivity index (χ0n) is 32.5. The van der Waals surface area contributed by atoms with Gasteiger partial charge in [0.05, 0.1) is 55.1 Å². The Morgan fingerprint density at radius 2 is 1.44 bits per heavy atom. The van der Waals surface area contributed by atoms with Crippen LogP contribution in [-0.2, 0) is 48.3 Å². The summed E-state index contributed by atoms with van der Waals surface area (Å²) < 4.78 is 54.1. The first-order chi connectivity index (χ1) is 25.7. The topological polar surface area (TPSA) is 185 Å². The first-order valence-electron chi connectivity index (χ1n) is 19.7. The number of ketones is 1. The van der Waals surface area contributed by atoms with Crippen molar-refractivity contribution in [2.45, 2.75) is 178 Å². The Morgan fingerprint density at radius 3 is 2.11 bits per heavy atom. The minimum Gasteiger partial charge on any atom is -0.469 e. The molecule has 1 aromatic rings.